The number of hydrogen-bond acceptors (Lipinski definition) is 3. The Bertz CT molecular complexity index is 555. The molecule has 1 heterocycles. The first-order chi connectivity index (χ1) is 7.30. The summed E-state index contributed by atoms with van der Waals surface area (Å²) in [5.41, 5.74) is 6.38. The minimum Gasteiger partial charge on any atom is -0.375 e. The van der Waals surface area contributed by atoms with Crippen LogP contribution in [0, 0.1) is 11.6 Å². The second-order valence-electron chi connectivity index (χ2n) is 4.70. The van der Waals surface area contributed by atoms with E-state index in [-0.39, 0.29) is 15.2 Å². The minimum absolute atomic E-state index is 0.197. The summed E-state index contributed by atoms with van der Waals surface area (Å²) in [4.78, 5) is 4.07. The second kappa shape index (κ2) is 3.38. The van der Waals surface area contributed by atoms with Crippen molar-refractivity contribution >= 4 is 26.7 Å². The van der Waals surface area contributed by atoms with Crippen LogP contribution in [0.15, 0.2) is 6.07 Å². The fraction of sp³-hybridized carbons (Fsp3) is 0.364. The quantitative estimate of drug-likeness (QED) is 0.768. The van der Waals surface area contributed by atoms with Crippen molar-refractivity contribution in [3.8, 4) is 0 Å². The number of rotatable bonds is 0. The maximum atomic E-state index is 13.5. The van der Waals surface area contributed by atoms with Crippen LogP contribution in [0.1, 0.15) is 26.3 Å². The Balaban J connectivity index is 2.90. The molecular formula is C11H12F2N2S. The van der Waals surface area contributed by atoms with Gasteiger partial charge in [-0.25, -0.2) is 13.8 Å². The number of nitrogens with two attached hydrogens (primary N) is 1. The van der Waals surface area contributed by atoms with Crippen LogP contribution in [0.5, 0.6) is 0 Å². The zero-order valence-corrected chi connectivity index (χ0v) is 10.1. The van der Waals surface area contributed by atoms with Crippen LogP contribution in [-0.2, 0) is 5.41 Å². The van der Waals surface area contributed by atoms with E-state index in [2.05, 4.69) is 4.98 Å². The first kappa shape index (κ1) is 11.3. The molecule has 0 atom stereocenters. The highest BCUT2D eigenvalue weighted by Gasteiger charge is 2.23. The summed E-state index contributed by atoms with van der Waals surface area (Å²) in [5, 5.41) is 0.255. The molecule has 0 unspecified atom stereocenters. The molecule has 16 heavy (non-hydrogen) atoms. The van der Waals surface area contributed by atoms with Crippen LogP contribution in [0.25, 0.3) is 10.2 Å². The maximum Gasteiger partial charge on any atom is 0.181 e. The Kier molecular flexibility index (Phi) is 2.38. The summed E-state index contributed by atoms with van der Waals surface area (Å²) in [6.07, 6.45) is 0. The van der Waals surface area contributed by atoms with Gasteiger partial charge in [0.05, 0.1) is 10.2 Å². The van der Waals surface area contributed by atoms with Crippen LogP contribution in [-0.4, -0.2) is 4.98 Å². The third-order valence-electron chi connectivity index (χ3n) is 2.39. The number of nitrogen functional groups attached to an aromatic ring is 1. The van der Waals surface area contributed by atoms with Gasteiger partial charge in [-0.1, -0.05) is 32.1 Å². The second-order valence-corrected chi connectivity index (χ2v) is 5.73. The first-order valence-corrected chi connectivity index (χ1v) is 5.67. The van der Waals surface area contributed by atoms with Gasteiger partial charge >= 0.3 is 0 Å². The van der Waals surface area contributed by atoms with Crippen LogP contribution >= 0.6 is 11.3 Å². The molecule has 0 radical (unpaired) electrons. The average molecular weight is 242 g/mol. The van der Waals surface area contributed by atoms with Crippen molar-refractivity contribution in [3.05, 3.63) is 23.3 Å². The lowest BCUT2D eigenvalue weighted by Gasteiger charge is -2.19. The zero-order chi connectivity index (χ0) is 12.1. The van der Waals surface area contributed by atoms with Gasteiger partial charge in [-0.15, -0.1) is 0 Å². The monoisotopic (exact) mass is 242 g/mol. The van der Waals surface area contributed by atoms with Crippen molar-refractivity contribution in [2.75, 3.05) is 5.73 Å². The number of aromatic nitrogens is 1. The number of nitrogens with zero attached hydrogens (tertiary/aromatic N) is 1. The Morgan fingerprint density at radius 1 is 1.31 bits per heavy atom. The molecule has 2 nitrogen and oxygen atoms in total. The van der Waals surface area contributed by atoms with E-state index in [1.165, 1.54) is 6.07 Å². The van der Waals surface area contributed by atoms with Gasteiger partial charge in [0.2, 0.25) is 0 Å². The molecule has 0 saturated carbocycles. The Labute approximate surface area is 96.1 Å². The summed E-state index contributed by atoms with van der Waals surface area (Å²) >= 11 is 0.975. The zero-order valence-electron chi connectivity index (χ0n) is 9.27. The minimum atomic E-state index is -0.864. The van der Waals surface area contributed by atoms with E-state index in [0.717, 1.165) is 11.3 Å². The van der Waals surface area contributed by atoms with Gasteiger partial charge in [0, 0.05) is 0 Å². The van der Waals surface area contributed by atoms with Crippen LogP contribution in [0.2, 0.25) is 0 Å². The largest absolute Gasteiger partial charge is 0.375 e. The lowest BCUT2D eigenvalue weighted by Crippen LogP contribution is -2.12. The standard InChI is InChI=1S/C11H12F2N2S/c1-11(2,3)5-4-6(12)7(13)9-8(5)15-10(14)16-9/h4H,1-3H3,(H2,14,15). The molecule has 0 aliphatic rings. The van der Waals surface area contributed by atoms with E-state index in [9.17, 15) is 8.78 Å². The van der Waals surface area contributed by atoms with Gasteiger partial charge in [-0.05, 0) is 17.0 Å². The summed E-state index contributed by atoms with van der Waals surface area (Å²) in [6.45, 7) is 5.78. The lowest BCUT2D eigenvalue weighted by molar-refractivity contribution is 0.509. The normalized spacial score (nSPS) is 12.3. The molecule has 1 aromatic carbocycles. The van der Waals surface area contributed by atoms with E-state index >= 15 is 0 Å². The van der Waals surface area contributed by atoms with Crippen molar-refractivity contribution < 1.29 is 8.78 Å². The Morgan fingerprint density at radius 3 is 2.50 bits per heavy atom. The summed E-state index contributed by atoms with van der Waals surface area (Å²) < 4.78 is 27.1. The number of hydrogen-bond donors (Lipinski definition) is 1. The highest BCUT2D eigenvalue weighted by molar-refractivity contribution is 7.22. The van der Waals surface area contributed by atoms with Crippen molar-refractivity contribution in [1.82, 2.24) is 4.98 Å². The highest BCUT2D eigenvalue weighted by Crippen LogP contribution is 2.36. The molecule has 0 aliphatic carbocycles. The predicted octanol–water partition coefficient (Wildman–Crippen LogP) is 3.45. The van der Waals surface area contributed by atoms with Crippen LogP contribution in [0.4, 0.5) is 13.9 Å². The van der Waals surface area contributed by atoms with Gasteiger partial charge in [0.15, 0.2) is 16.8 Å². The van der Waals surface area contributed by atoms with E-state index < -0.39 is 11.6 Å². The lowest BCUT2D eigenvalue weighted by atomic mass is 9.86. The molecule has 5 heteroatoms. The molecule has 0 aliphatic heterocycles. The number of anilines is 1. The predicted molar refractivity (Wildman–Crippen MR) is 62.6 cm³/mol. The third kappa shape index (κ3) is 1.65. The van der Waals surface area contributed by atoms with Gasteiger partial charge in [0.1, 0.15) is 0 Å². The molecule has 2 aromatic rings. The number of fused-ring (bicyclic) bond motifs is 1. The maximum absolute atomic E-state index is 13.5. The van der Waals surface area contributed by atoms with Crippen molar-refractivity contribution in [2.24, 2.45) is 0 Å². The molecule has 0 spiro atoms. The summed E-state index contributed by atoms with van der Waals surface area (Å²) in [6, 6.07) is 1.21. The molecule has 0 fully saturated rings. The number of thiazole rings is 1. The SMILES string of the molecule is CC(C)(C)c1cc(F)c(F)c2sc(N)nc12. The van der Waals surface area contributed by atoms with Crippen molar-refractivity contribution in [3.63, 3.8) is 0 Å². The van der Waals surface area contributed by atoms with Gasteiger partial charge in [0.25, 0.3) is 0 Å². The van der Waals surface area contributed by atoms with E-state index in [4.69, 9.17) is 5.73 Å². The number of benzene rings is 1. The van der Waals surface area contributed by atoms with E-state index in [1.807, 2.05) is 20.8 Å². The molecule has 0 saturated heterocycles. The molecule has 2 N–H and O–H groups in total. The molecule has 86 valence electrons. The summed E-state index contributed by atoms with van der Waals surface area (Å²) in [5.74, 6) is -1.71. The van der Waals surface area contributed by atoms with E-state index in [0.29, 0.717) is 11.1 Å². The molecule has 0 amide bonds. The topological polar surface area (TPSA) is 38.9 Å². The van der Waals surface area contributed by atoms with Crippen molar-refractivity contribution in [1.29, 1.82) is 0 Å². The van der Waals surface area contributed by atoms with Crippen molar-refractivity contribution in [2.45, 2.75) is 26.2 Å². The molecule has 1 aromatic heterocycles. The fourth-order valence-corrected chi connectivity index (χ4v) is 2.39. The van der Waals surface area contributed by atoms with Crippen LogP contribution < -0.4 is 5.73 Å². The molecule has 2 rings (SSSR count). The highest BCUT2D eigenvalue weighted by atomic mass is 32.1. The summed E-state index contributed by atoms with van der Waals surface area (Å²) in [7, 11) is 0. The van der Waals surface area contributed by atoms with Gasteiger partial charge in [-0.2, -0.15) is 0 Å². The van der Waals surface area contributed by atoms with Gasteiger partial charge < -0.3 is 5.73 Å². The molecule has 0 bridgehead atoms. The number of halogens is 2. The molecular weight excluding hydrogens is 230 g/mol. The Hall–Kier alpha value is -1.23. The fourth-order valence-electron chi connectivity index (χ4n) is 1.61. The van der Waals surface area contributed by atoms with Gasteiger partial charge in [-0.3, -0.25) is 0 Å². The average Bonchev–Trinajstić information content (AvgIpc) is 2.51. The van der Waals surface area contributed by atoms with E-state index in [1.54, 1.807) is 0 Å². The smallest absolute Gasteiger partial charge is 0.181 e. The Morgan fingerprint density at radius 2 is 1.94 bits per heavy atom. The first-order valence-electron chi connectivity index (χ1n) is 4.85. The third-order valence-corrected chi connectivity index (χ3v) is 3.26. The van der Waals surface area contributed by atoms with Crippen LogP contribution in [0.3, 0.4) is 0 Å².